The van der Waals surface area contributed by atoms with Crippen molar-refractivity contribution in [2.75, 3.05) is 13.6 Å². The molecule has 1 N–H and O–H groups in total. The van der Waals surface area contributed by atoms with Crippen molar-refractivity contribution in [1.82, 2.24) is 4.90 Å². The quantitative estimate of drug-likeness (QED) is 0.798. The maximum absolute atomic E-state index is 12.7. The fraction of sp³-hybridized carbons (Fsp3) is 0.250. The average molecular weight is 223 g/mol. The van der Waals surface area contributed by atoms with Crippen LogP contribution in [-0.2, 0) is 0 Å². The number of aromatic hydroxyl groups is 1. The Bertz CT molecular complexity index is 429. The van der Waals surface area contributed by atoms with Crippen molar-refractivity contribution in [2.45, 2.75) is 6.92 Å². The molecule has 3 nitrogen and oxygen atoms in total. The van der Waals surface area contributed by atoms with Crippen molar-refractivity contribution in [1.29, 1.82) is 0 Å². The van der Waals surface area contributed by atoms with Gasteiger partial charge in [-0.2, -0.15) is 0 Å². The van der Waals surface area contributed by atoms with Crippen LogP contribution in [0.5, 0.6) is 5.75 Å². The van der Waals surface area contributed by atoms with Gasteiger partial charge in [-0.25, -0.2) is 4.39 Å². The van der Waals surface area contributed by atoms with E-state index in [4.69, 9.17) is 0 Å². The van der Waals surface area contributed by atoms with Crippen molar-refractivity contribution in [3.05, 3.63) is 41.7 Å². The second kappa shape index (κ2) is 4.79. The summed E-state index contributed by atoms with van der Waals surface area (Å²) in [6.07, 6.45) is 0. The van der Waals surface area contributed by atoms with E-state index < -0.39 is 5.82 Å². The van der Waals surface area contributed by atoms with Crippen LogP contribution >= 0.6 is 0 Å². The molecule has 1 aromatic carbocycles. The minimum absolute atomic E-state index is 0.0881. The van der Waals surface area contributed by atoms with Crippen LogP contribution in [0, 0.1) is 5.82 Å². The molecule has 0 fully saturated rings. The van der Waals surface area contributed by atoms with E-state index in [0.29, 0.717) is 6.54 Å². The highest BCUT2D eigenvalue weighted by atomic mass is 19.1. The first kappa shape index (κ1) is 12.2. The third-order valence-electron chi connectivity index (χ3n) is 2.04. The van der Waals surface area contributed by atoms with Gasteiger partial charge in [-0.05, 0) is 19.1 Å². The first-order valence-electron chi connectivity index (χ1n) is 4.80. The number of carbonyl (C=O) groups is 1. The molecule has 1 amide bonds. The van der Waals surface area contributed by atoms with Crippen molar-refractivity contribution in [3.8, 4) is 5.75 Å². The molecular formula is C12H14FNO2. The smallest absolute Gasteiger partial charge is 0.257 e. The van der Waals surface area contributed by atoms with Gasteiger partial charge in [0.25, 0.3) is 5.91 Å². The lowest BCUT2D eigenvalue weighted by atomic mass is 10.1. The van der Waals surface area contributed by atoms with Gasteiger partial charge in [-0.3, -0.25) is 4.79 Å². The summed E-state index contributed by atoms with van der Waals surface area (Å²) in [5.74, 6) is -1.28. The van der Waals surface area contributed by atoms with Gasteiger partial charge in [0, 0.05) is 19.7 Å². The molecule has 0 spiro atoms. The van der Waals surface area contributed by atoms with E-state index in [1.807, 2.05) is 0 Å². The van der Waals surface area contributed by atoms with Crippen LogP contribution in [0.15, 0.2) is 30.4 Å². The van der Waals surface area contributed by atoms with Gasteiger partial charge in [0.1, 0.15) is 11.6 Å². The highest BCUT2D eigenvalue weighted by Crippen LogP contribution is 2.19. The van der Waals surface area contributed by atoms with Gasteiger partial charge in [0.2, 0.25) is 0 Å². The van der Waals surface area contributed by atoms with Crippen molar-refractivity contribution >= 4 is 5.91 Å². The van der Waals surface area contributed by atoms with E-state index in [1.165, 1.54) is 11.0 Å². The fourth-order valence-corrected chi connectivity index (χ4v) is 1.37. The molecule has 0 aliphatic heterocycles. The SMILES string of the molecule is C=C(C)CN(C)C(=O)c1ccc(F)cc1O. The summed E-state index contributed by atoms with van der Waals surface area (Å²) in [5.41, 5.74) is 0.919. The highest BCUT2D eigenvalue weighted by Gasteiger charge is 2.15. The van der Waals surface area contributed by atoms with Gasteiger partial charge in [-0.15, -0.1) is 0 Å². The molecule has 0 aliphatic carbocycles. The number of hydrogen-bond acceptors (Lipinski definition) is 2. The molecule has 1 aromatic rings. The highest BCUT2D eigenvalue weighted by molar-refractivity contribution is 5.96. The molecule has 0 heterocycles. The summed E-state index contributed by atoms with van der Waals surface area (Å²) in [6.45, 7) is 5.89. The maximum atomic E-state index is 12.7. The first-order chi connectivity index (χ1) is 7.41. The Labute approximate surface area is 93.8 Å². The Morgan fingerprint density at radius 3 is 2.69 bits per heavy atom. The molecule has 0 atom stereocenters. The van der Waals surface area contributed by atoms with E-state index in [2.05, 4.69) is 6.58 Å². The Kier molecular flexibility index (Phi) is 3.66. The zero-order valence-corrected chi connectivity index (χ0v) is 9.33. The van der Waals surface area contributed by atoms with Crippen LogP contribution in [0.25, 0.3) is 0 Å². The van der Waals surface area contributed by atoms with Crippen LogP contribution in [0.1, 0.15) is 17.3 Å². The third kappa shape index (κ3) is 2.82. The predicted octanol–water partition coefficient (Wildman–Crippen LogP) is 2.18. The number of nitrogens with zero attached hydrogens (tertiary/aromatic N) is 1. The van der Waals surface area contributed by atoms with Crippen LogP contribution in [0.4, 0.5) is 4.39 Å². The van der Waals surface area contributed by atoms with E-state index in [-0.39, 0.29) is 17.2 Å². The Morgan fingerprint density at radius 2 is 2.19 bits per heavy atom. The largest absolute Gasteiger partial charge is 0.507 e. The molecule has 0 unspecified atom stereocenters. The Balaban J connectivity index is 2.92. The maximum Gasteiger partial charge on any atom is 0.257 e. The molecule has 0 aliphatic rings. The lowest BCUT2D eigenvalue weighted by Gasteiger charge is -2.17. The summed E-state index contributed by atoms with van der Waals surface area (Å²) < 4.78 is 12.7. The number of halogens is 1. The monoisotopic (exact) mass is 223 g/mol. The third-order valence-corrected chi connectivity index (χ3v) is 2.04. The molecule has 86 valence electrons. The van der Waals surface area contributed by atoms with Crippen LogP contribution in [-0.4, -0.2) is 29.5 Å². The summed E-state index contributed by atoms with van der Waals surface area (Å²) in [5, 5.41) is 9.43. The molecule has 0 radical (unpaired) electrons. The number of likely N-dealkylation sites (N-methyl/N-ethyl adjacent to an activating group) is 1. The molecule has 0 saturated heterocycles. The normalized spacial score (nSPS) is 9.94. The summed E-state index contributed by atoms with van der Waals surface area (Å²) >= 11 is 0. The van der Waals surface area contributed by atoms with Gasteiger partial charge in [0.05, 0.1) is 5.56 Å². The van der Waals surface area contributed by atoms with Crippen molar-refractivity contribution in [2.24, 2.45) is 0 Å². The zero-order valence-electron chi connectivity index (χ0n) is 9.33. The van der Waals surface area contributed by atoms with Crippen molar-refractivity contribution < 1.29 is 14.3 Å². The van der Waals surface area contributed by atoms with Crippen LogP contribution in [0.2, 0.25) is 0 Å². The second-order valence-corrected chi connectivity index (χ2v) is 3.78. The van der Waals surface area contributed by atoms with Crippen LogP contribution in [0.3, 0.4) is 0 Å². The number of hydrogen-bond donors (Lipinski definition) is 1. The summed E-state index contributed by atoms with van der Waals surface area (Å²) in [7, 11) is 1.60. The van der Waals surface area contributed by atoms with Gasteiger partial charge >= 0.3 is 0 Å². The summed E-state index contributed by atoms with van der Waals surface area (Å²) in [6, 6.07) is 3.32. The predicted molar refractivity (Wildman–Crippen MR) is 59.8 cm³/mol. The number of phenols is 1. The molecule has 1 rings (SSSR count). The van der Waals surface area contributed by atoms with Gasteiger partial charge in [-0.1, -0.05) is 12.2 Å². The topological polar surface area (TPSA) is 40.5 Å². The first-order valence-corrected chi connectivity index (χ1v) is 4.80. The van der Waals surface area contributed by atoms with E-state index in [0.717, 1.165) is 17.7 Å². The molecule has 16 heavy (non-hydrogen) atoms. The average Bonchev–Trinajstić information content (AvgIpc) is 2.15. The Hall–Kier alpha value is -1.84. The number of phenolic OH excluding ortho intramolecular Hbond substituents is 1. The second-order valence-electron chi connectivity index (χ2n) is 3.78. The standard InChI is InChI=1S/C12H14FNO2/c1-8(2)7-14(3)12(16)10-5-4-9(13)6-11(10)15/h4-6,15H,1,7H2,2-3H3. The molecule has 0 bridgehead atoms. The van der Waals surface area contributed by atoms with E-state index >= 15 is 0 Å². The minimum atomic E-state index is -0.573. The molecule has 0 saturated carbocycles. The van der Waals surface area contributed by atoms with E-state index in [1.54, 1.807) is 14.0 Å². The number of benzene rings is 1. The summed E-state index contributed by atoms with van der Waals surface area (Å²) in [4.78, 5) is 13.2. The van der Waals surface area contributed by atoms with Gasteiger partial charge < -0.3 is 10.0 Å². The number of amides is 1. The molecule has 4 heteroatoms. The number of rotatable bonds is 3. The zero-order chi connectivity index (χ0) is 12.3. The lowest BCUT2D eigenvalue weighted by Crippen LogP contribution is -2.28. The van der Waals surface area contributed by atoms with Crippen molar-refractivity contribution in [3.63, 3.8) is 0 Å². The van der Waals surface area contributed by atoms with Gasteiger partial charge in [0.15, 0.2) is 0 Å². The fourth-order valence-electron chi connectivity index (χ4n) is 1.37. The molecular weight excluding hydrogens is 209 g/mol. The number of carbonyl (C=O) groups excluding carboxylic acids is 1. The minimum Gasteiger partial charge on any atom is -0.507 e. The lowest BCUT2D eigenvalue weighted by molar-refractivity contribution is 0.0804. The Morgan fingerprint density at radius 1 is 1.56 bits per heavy atom. The van der Waals surface area contributed by atoms with E-state index in [9.17, 15) is 14.3 Å². The van der Waals surface area contributed by atoms with Crippen LogP contribution < -0.4 is 0 Å². The molecule has 0 aromatic heterocycles.